The number of hydrogen-bond acceptors (Lipinski definition) is 22. The van der Waals surface area contributed by atoms with E-state index in [0.29, 0.717) is 129 Å². The summed E-state index contributed by atoms with van der Waals surface area (Å²) in [5.74, 6) is 9.90. The number of nitrogens with zero attached hydrogens (tertiary/aromatic N) is 12. The highest BCUT2D eigenvalue weighted by Crippen LogP contribution is 2.59. The van der Waals surface area contributed by atoms with Gasteiger partial charge in [-0.2, -0.15) is 24.9 Å². The Kier molecular flexibility index (Phi) is 33.5. The van der Waals surface area contributed by atoms with Gasteiger partial charge in [-0.15, -0.1) is 0 Å². The molecule has 0 bridgehead atoms. The van der Waals surface area contributed by atoms with Gasteiger partial charge >= 0.3 is 0 Å². The molecule has 4 fully saturated rings. The first-order valence-corrected chi connectivity index (χ1v) is 47.8. The van der Waals surface area contributed by atoms with Gasteiger partial charge in [0.2, 0.25) is 40.5 Å². The van der Waals surface area contributed by atoms with E-state index in [1.165, 1.54) is 11.1 Å². The van der Waals surface area contributed by atoms with Crippen molar-refractivity contribution in [3.05, 3.63) is 224 Å². The second kappa shape index (κ2) is 43.5. The van der Waals surface area contributed by atoms with E-state index in [2.05, 4.69) is 87.5 Å². The van der Waals surface area contributed by atoms with Crippen LogP contribution in [-0.2, 0) is 84.8 Å². The van der Waals surface area contributed by atoms with Gasteiger partial charge in [0.05, 0.1) is 74.0 Å². The average Bonchev–Trinajstić information content (AvgIpc) is 1.65. The Balaban J connectivity index is 0.000000162. The third kappa shape index (κ3) is 19.4. The van der Waals surface area contributed by atoms with Gasteiger partial charge < -0.3 is 38.2 Å². The Morgan fingerprint density at radius 1 is 0.404 bits per heavy atom. The number of carbonyl (C=O) groups is 4. The molecule has 0 spiro atoms. The number of carbonyl (C=O) groups excluding carboxylic acids is 4. The van der Waals surface area contributed by atoms with Gasteiger partial charge in [-0.1, -0.05) is 233 Å². The summed E-state index contributed by atoms with van der Waals surface area (Å²) in [5.41, 5.74) is 15.3. The number of allylic oxidation sites excluding steroid dienone is 1. The Morgan fingerprint density at radius 3 is 1.06 bits per heavy atom. The molecule has 6 aromatic heterocycles. The number of fused-ring (bicyclic) bond motifs is 16. The van der Waals surface area contributed by atoms with E-state index >= 15 is 0 Å². The normalized spacial score (nSPS) is 27.1. The molecule has 10 aliphatic carbocycles. The van der Waals surface area contributed by atoms with Gasteiger partial charge in [-0.3, -0.25) is 19.2 Å². The molecule has 0 amide bonds. The van der Waals surface area contributed by atoms with Crippen molar-refractivity contribution in [2.75, 3.05) is 33.0 Å². The molecule has 1 unspecified atom stereocenters. The van der Waals surface area contributed by atoms with Gasteiger partial charge in [0, 0.05) is 137 Å². The number of aromatic nitrogens is 11. The number of Topliss-reactive ketones (excluding diaryl/α,β-unsaturated/α-hetero) is 4. The molecule has 1 N–H and O–H groups in total. The fraction of sp³-hybridized carbons (Fsp3) is 0.518. The minimum Gasteiger partial charge on any atom is -0.515 e. The Morgan fingerprint density at radius 2 is 0.713 bits per heavy atom. The Hall–Kier alpha value is -11.5. The fourth-order valence-corrected chi connectivity index (χ4v) is 24.6. The topological polar surface area (TPSA) is 294 Å². The molecule has 24 heteroatoms. The molecular formula is C112H143ClN12O11. The van der Waals surface area contributed by atoms with Crippen LogP contribution in [0.2, 0.25) is 5.28 Å². The number of aliphatic hydroxyl groups is 1. The van der Waals surface area contributed by atoms with Crippen LogP contribution in [0.4, 0.5) is 0 Å². The molecule has 0 radical (unpaired) electrons. The number of aliphatic hydroxyl groups excluding tert-OH is 1. The van der Waals surface area contributed by atoms with E-state index in [-0.39, 0.29) is 117 Å². The Bertz CT molecular complexity index is 5990. The summed E-state index contributed by atoms with van der Waals surface area (Å²) in [7, 11) is 0. The fourth-order valence-electron chi connectivity index (χ4n) is 24.4. The molecule has 4 aromatic carbocycles. The first-order valence-electron chi connectivity index (χ1n) is 47.5. The Labute approximate surface area is 811 Å². The van der Waals surface area contributed by atoms with Crippen LogP contribution in [0.5, 0.6) is 29.4 Å². The maximum absolute atomic E-state index is 12.7. The summed E-state index contributed by atoms with van der Waals surface area (Å²) in [6, 6.07) is 39.5. The predicted molar refractivity (Wildman–Crippen MR) is 536 cm³/mol. The smallest absolute Gasteiger partial charge is 0.282 e. The van der Waals surface area contributed by atoms with Crippen LogP contribution in [0.15, 0.2) is 144 Å². The number of rotatable bonds is 14. The van der Waals surface area contributed by atoms with E-state index in [9.17, 15) is 24.3 Å². The first-order chi connectivity index (χ1) is 63.1. The number of hydrogen-bond donors (Lipinski definition) is 1. The summed E-state index contributed by atoms with van der Waals surface area (Å²) < 4.78 is 35.0. The maximum Gasteiger partial charge on any atom is 0.282 e. The number of ether oxygens (including phenoxy) is 5. The maximum atomic E-state index is 12.7. The standard InChI is InChI=1S/2C23H25N3O2.C23H26N2O3.C22H26N2O2.C16H21ClN2O2.5CH4/c1-4-27-22-17-10-11-18-14(2)19-16(13-24-28-19)12-23(18,3)20(17)25-21(26-22)15-8-6-5-7-9-15;1-5-28-22-16-11-12-17-14(2)19(27)18(24-4)13-23(17,3)20(16)25-21(26-22)15-9-7-6-8-10-15;1-4-28-22-17-10-11-18-14(2)19(27)16(13-26)12-23(18,3)20(17)24-21(25-22)15-8-6-5-7-9-15;1-4-26-21-16-10-11-17-14(2)18(25)12-13-22(17,3)19(16)23-20(24-21)15-8-6-5-7-9-15;1-4-21-14-10-5-6-11-9(2)12(20)7-8-16(11,3)13(10)18-15(17)19-14;;;;;/h5-9,13-14,18H,4,10-12H2,1-3H3;6-10,14,17-18H,5,11-13H2,1-3H3;5-9,13-14,18,26H,4,10-12H2,1-3H3;5-9,14,17H,4,10-13H2,1-3H3;9,11H,4-8H2,1-3H3;5*1H4/b;;16-13-;;;;;;;/t14-,18-,23-;14-,17-,18?,23-;14-,18-,23-;14-,17-,22-;9-,11-,16-;;;;;/m00000...../s1. The molecule has 6 heterocycles. The number of halogens is 1. The molecule has 10 aromatic rings. The van der Waals surface area contributed by atoms with Crippen molar-refractivity contribution < 1.29 is 52.5 Å². The highest BCUT2D eigenvalue weighted by Gasteiger charge is 2.58. The third-order valence-electron chi connectivity index (χ3n) is 31.1. The van der Waals surface area contributed by atoms with E-state index in [0.717, 1.165) is 192 Å². The summed E-state index contributed by atoms with van der Waals surface area (Å²) >= 11 is 6.11. The van der Waals surface area contributed by atoms with Crippen molar-refractivity contribution in [2.45, 2.75) is 289 Å². The molecule has 0 aliphatic heterocycles. The second-order valence-electron chi connectivity index (χ2n) is 38.5. The van der Waals surface area contributed by atoms with Gasteiger partial charge in [-0.25, -0.2) is 31.5 Å². The lowest BCUT2D eigenvalue weighted by Crippen LogP contribution is -2.52. The molecular weight excluding hydrogens is 1720 g/mol. The van der Waals surface area contributed by atoms with E-state index in [4.69, 9.17) is 86.3 Å². The van der Waals surface area contributed by atoms with Gasteiger partial charge in [0.1, 0.15) is 17.3 Å². The molecule has 724 valence electrons. The predicted octanol–water partition coefficient (Wildman–Crippen LogP) is 24.3. The van der Waals surface area contributed by atoms with Crippen molar-refractivity contribution in [2.24, 2.45) is 53.3 Å². The minimum absolute atomic E-state index is 0. The van der Waals surface area contributed by atoms with E-state index in [1.54, 1.807) is 0 Å². The van der Waals surface area contributed by atoms with Crippen LogP contribution in [0.25, 0.3) is 50.4 Å². The van der Waals surface area contributed by atoms with Crippen LogP contribution in [0.3, 0.4) is 0 Å². The molecule has 0 saturated heterocycles. The lowest BCUT2D eigenvalue weighted by atomic mass is 9.55. The monoisotopic (exact) mass is 1870 g/mol. The highest BCUT2D eigenvalue weighted by molar-refractivity contribution is 6.28. The van der Waals surface area contributed by atoms with Crippen molar-refractivity contribution in [1.82, 2.24) is 55.0 Å². The lowest BCUT2D eigenvalue weighted by Gasteiger charge is -2.48. The zero-order valence-electron chi connectivity index (χ0n) is 78.4. The van der Waals surface area contributed by atoms with Gasteiger partial charge in [-0.05, 0) is 166 Å². The zero-order chi connectivity index (χ0) is 92.6. The summed E-state index contributed by atoms with van der Waals surface area (Å²) in [6.45, 7) is 41.8. The quantitative estimate of drug-likeness (QED) is 0.0458. The van der Waals surface area contributed by atoms with Crippen LogP contribution < -0.4 is 23.7 Å². The second-order valence-corrected chi connectivity index (χ2v) is 38.8. The SMILES string of the molecule is C.C.C.C.C.CCOc1nc(-c2ccccc2)nc2c1CC[C@H]1[C@H](C)C(=O)/C(=C\O)C[C@]21C.CCOc1nc(-c2ccccc2)nc2c1CC[C@H]1[C@H](C)C(=O)CC[C@]21C.CCOc1nc(-c2ccccc2)nc2c1CC[C@H]1[C@H](C)c3oncc3C[C@]21C.CCOc1nc(Cl)nc2c1CC[C@H]1[C@H](C)C(=O)CC[C@]21C.[C-]#[N+]C1C[C@]2(C)c3nc(-c4ccccc4)nc(OCC)c3CC[C@H]2[C@H](C)C1=O. The summed E-state index contributed by atoms with van der Waals surface area (Å²) in [6.07, 6.45) is 16.9. The highest BCUT2D eigenvalue weighted by atomic mass is 35.5. The van der Waals surface area contributed by atoms with E-state index < -0.39 is 6.04 Å². The lowest BCUT2D eigenvalue weighted by molar-refractivity contribution is -0.130. The summed E-state index contributed by atoms with van der Waals surface area (Å²) in [4.78, 5) is 101. The van der Waals surface area contributed by atoms with Crippen LogP contribution in [0.1, 0.15) is 285 Å². The molecule has 10 aliphatic rings. The van der Waals surface area contributed by atoms with Crippen molar-refractivity contribution in [1.29, 1.82) is 0 Å². The largest absolute Gasteiger partial charge is 0.515 e. The van der Waals surface area contributed by atoms with Crippen LogP contribution in [0, 0.1) is 59.8 Å². The number of benzene rings is 4. The average molecular weight is 1870 g/mol. The molecule has 23 nitrogen and oxygen atoms in total. The van der Waals surface area contributed by atoms with Gasteiger partial charge in [0.15, 0.2) is 29.1 Å². The molecule has 20 rings (SSSR count). The number of ketones is 4. The van der Waals surface area contributed by atoms with Gasteiger partial charge in [0.25, 0.3) is 6.04 Å². The molecule has 16 atom stereocenters. The van der Waals surface area contributed by atoms with Crippen LogP contribution >= 0.6 is 11.6 Å². The minimum atomic E-state index is -0.590. The molecule has 136 heavy (non-hydrogen) atoms. The third-order valence-corrected chi connectivity index (χ3v) is 31.3. The van der Waals surface area contributed by atoms with E-state index in [1.807, 2.05) is 164 Å². The molecule has 4 saturated carbocycles. The van der Waals surface area contributed by atoms with Crippen molar-refractivity contribution >= 4 is 34.7 Å². The van der Waals surface area contributed by atoms with Crippen molar-refractivity contribution in [3.63, 3.8) is 0 Å². The summed E-state index contributed by atoms with van der Waals surface area (Å²) in [5, 5.41) is 14.0. The first kappa shape index (κ1) is 105. The van der Waals surface area contributed by atoms with Crippen molar-refractivity contribution in [3.8, 4) is 75.0 Å². The van der Waals surface area contributed by atoms with Crippen LogP contribution in [-0.4, -0.2) is 122 Å². The zero-order valence-corrected chi connectivity index (χ0v) is 79.1.